The molecule has 0 heterocycles. The second-order valence-corrected chi connectivity index (χ2v) is 6.03. The van der Waals surface area contributed by atoms with Gasteiger partial charge < -0.3 is 10.6 Å². The molecule has 2 N–H and O–H groups in total. The maximum absolute atomic E-state index is 14.1. The molecule has 0 aliphatic carbocycles. The molecule has 0 spiro atoms. The fourth-order valence-electron chi connectivity index (χ4n) is 2.09. The first-order valence-electron chi connectivity index (χ1n) is 7.07. The average molecular weight is 280 g/mol. The summed E-state index contributed by atoms with van der Waals surface area (Å²) in [5.41, 5.74) is 6.19. The van der Waals surface area contributed by atoms with Gasteiger partial charge in [0.25, 0.3) is 5.91 Å². The van der Waals surface area contributed by atoms with E-state index in [-0.39, 0.29) is 16.9 Å². The largest absolute Gasteiger partial charge is 0.338 e. The van der Waals surface area contributed by atoms with E-state index in [0.717, 1.165) is 6.42 Å². The van der Waals surface area contributed by atoms with E-state index in [9.17, 15) is 9.18 Å². The van der Waals surface area contributed by atoms with E-state index >= 15 is 0 Å². The molecule has 0 saturated heterocycles. The predicted octanol–water partition coefficient (Wildman–Crippen LogP) is 2.97. The Hall–Kier alpha value is -1.42. The molecule has 1 aromatic rings. The van der Waals surface area contributed by atoms with Gasteiger partial charge in [-0.3, -0.25) is 4.79 Å². The second kappa shape index (κ2) is 6.84. The fraction of sp³-hybridized carbons (Fsp3) is 0.562. The number of carbonyl (C=O) groups excluding carboxylic acids is 1. The molecule has 0 bridgehead atoms. The standard InChI is InChI=1S/C16H25FN2O/c1-5-9-19(11-16(3,4)10-18)15(20)13-8-6-7-12(2)14(13)17/h6-8H,5,9-11,18H2,1-4H3. The van der Waals surface area contributed by atoms with Crippen molar-refractivity contribution in [1.82, 2.24) is 4.90 Å². The smallest absolute Gasteiger partial charge is 0.256 e. The van der Waals surface area contributed by atoms with Crippen LogP contribution in [0, 0.1) is 18.2 Å². The van der Waals surface area contributed by atoms with Crippen LogP contribution in [0.15, 0.2) is 18.2 Å². The van der Waals surface area contributed by atoms with Crippen molar-refractivity contribution in [1.29, 1.82) is 0 Å². The Bertz CT molecular complexity index is 472. The molecule has 0 atom stereocenters. The van der Waals surface area contributed by atoms with Gasteiger partial charge in [0.05, 0.1) is 5.56 Å². The normalized spacial score (nSPS) is 11.5. The van der Waals surface area contributed by atoms with Crippen LogP contribution in [0.2, 0.25) is 0 Å². The van der Waals surface area contributed by atoms with Crippen LogP contribution in [0.3, 0.4) is 0 Å². The SMILES string of the molecule is CCCN(CC(C)(C)CN)C(=O)c1cccc(C)c1F. The molecule has 4 heteroatoms. The molecule has 1 aromatic carbocycles. The summed E-state index contributed by atoms with van der Waals surface area (Å²) in [6.07, 6.45) is 0.833. The van der Waals surface area contributed by atoms with Crippen molar-refractivity contribution in [3.63, 3.8) is 0 Å². The third-order valence-corrected chi connectivity index (χ3v) is 3.37. The third kappa shape index (κ3) is 4.04. The van der Waals surface area contributed by atoms with E-state index in [1.54, 1.807) is 30.0 Å². The van der Waals surface area contributed by atoms with E-state index in [1.807, 2.05) is 20.8 Å². The Labute approximate surface area is 121 Å². The van der Waals surface area contributed by atoms with Crippen LogP contribution in [0.4, 0.5) is 4.39 Å². The minimum atomic E-state index is -0.427. The van der Waals surface area contributed by atoms with Crippen LogP contribution in [-0.4, -0.2) is 30.4 Å². The zero-order valence-corrected chi connectivity index (χ0v) is 12.9. The summed E-state index contributed by atoms with van der Waals surface area (Å²) < 4.78 is 14.1. The summed E-state index contributed by atoms with van der Waals surface area (Å²) in [4.78, 5) is 14.2. The quantitative estimate of drug-likeness (QED) is 0.870. The lowest BCUT2D eigenvalue weighted by Gasteiger charge is -2.32. The van der Waals surface area contributed by atoms with Gasteiger partial charge in [0.15, 0.2) is 0 Å². The Morgan fingerprint density at radius 2 is 2.05 bits per heavy atom. The van der Waals surface area contributed by atoms with Crippen LogP contribution in [0.1, 0.15) is 43.1 Å². The van der Waals surface area contributed by atoms with Gasteiger partial charge in [-0.15, -0.1) is 0 Å². The third-order valence-electron chi connectivity index (χ3n) is 3.37. The number of nitrogens with zero attached hydrogens (tertiary/aromatic N) is 1. The zero-order chi connectivity index (χ0) is 15.3. The molecule has 0 aromatic heterocycles. The molecule has 0 aliphatic rings. The van der Waals surface area contributed by atoms with Crippen LogP contribution >= 0.6 is 0 Å². The average Bonchev–Trinajstić information content (AvgIpc) is 2.40. The number of carbonyl (C=O) groups is 1. The number of nitrogens with two attached hydrogens (primary N) is 1. The summed E-state index contributed by atoms with van der Waals surface area (Å²) in [6, 6.07) is 4.92. The van der Waals surface area contributed by atoms with E-state index in [2.05, 4.69) is 0 Å². The predicted molar refractivity (Wildman–Crippen MR) is 80.2 cm³/mol. The maximum atomic E-state index is 14.1. The van der Waals surface area contributed by atoms with Crippen LogP contribution in [-0.2, 0) is 0 Å². The minimum Gasteiger partial charge on any atom is -0.338 e. The second-order valence-electron chi connectivity index (χ2n) is 6.03. The molecule has 112 valence electrons. The molecule has 0 aliphatic heterocycles. The number of rotatable bonds is 6. The minimum absolute atomic E-state index is 0.145. The summed E-state index contributed by atoms with van der Waals surface area (Å²) >= 11 is 0. The van der Waals surface area contributed by atoms with Crippen molar-refractivity contribution >= 4 is 5.91 Å². The topological polar surface area (TPSA) is 46.3 Å². The molecule has 0 saturated carbocycles. The fourth-order valence-corrected chi connectivity index (χ4v) is 2.09. The van der Waals surface area contributed by atoms with Gasteiger partial charge in [0.2, 0.25) is 0 Å². The highest BCUT2D eigenvalue weighted by molar-refractivity contribution is 5.94. The molecule has 3 nitrogen and oxygen atoms in total. The first kappa shape index (κ1) is 16.6. The number of halogens is 1. The summed E-state index contributed by atoms with van der Waals surface area (Å²) in [6.45, 7) is 9.31. The van der Waals surface area contributed by atoms with Gasteiger partial charge in [-0.05, 0) is 36.9 Å². The number of amides is 1. The van der Waals surface area contributed by atoms with Gasteiger partial charge in [0, 0.05) is 13.1 Å². The molecule has 1 rings (SSSR count). The first-order valence-corrected chi connectivity index (χ1v) is 7.07. The summed E-state index contributed by atoms with van der Waals surface area (Å²) in [7, 11) is 0. The van der Waals surface area contributed by atoms with E-state index in [4.69, 9.17) is 5.73 Å². The van der Waals surface area contributed by atoms with Crippen molar-refractivity contribution < 1.29 is 9.18 Å². The molecule has 0 fully saturated rings. The first-order chi connectivity index (χ1) is 9.32. The van der Waals surface area contributed by atoms with Crippen molar-refractivity contribution in [3.05, 3.63) is 35.1 Å². The number of hydrogen-bond acceptors (Lipinski definition) is 2. The van der Waals surface area contributed by atoms with Gasteiger partial charge >= 0.3 is 0 Å². The summed E-state index contributed by atoms with van der Waals surface area (Å²) in [5.74, 6) is -0.682. The number of aryl methyl sites for hydroxylation is 1. The highest BCUT2D eigenvalue weighted by Gasteiger charge is 2.25. The molecule has 0 unspecified atom stereocenters. The highest BCUT2D eigenvalue weighted by Crippen LogP contribution is 2.19. The van der Waals surface area contributed by atoms with E-state index in [0.29, 0.717) is 25.2 Å². The Morgan fingerprint density at radius 1 is 1.40 bits per heavy atom. The summed E-state index contributed by atoms with van der Waals surface area (Å²) in [5, 5.41) is 0. The molecular formula is C16H25FN2O. The Kier molecular flexibility index (Phi) is 5.69. The molecule has 1 amide bonds. The van der Waals surface area contributed by atoms with Crippen molar-refractivity contribution in [2.24, 2.45) is 11.1 Å². The Balaban J connectivity index is 3.02. The molecular weight excluding hydrogens is 255 g/mol. The van der Waals surface area contributed by atoms with E-state index < -0.39 is 5.82 Å². The van der Waals surface area contributed by atoms with Gasteiger partial charge in [-0.1, -0.05) is 32.9 Å². The van der Waals surface area contributed by atoms with Crippen LogP contribution in [0.25, 0.3) is 0 Å². The highest BCUT2D eigenvalue weighted by atomic mass is 19.1. The van der Waals surface area contributed by atoms with Crippen molar-refractivity contribution in [2.45, 2.75) is 34.1 Å². The lowest BCUT2D eigenvalue weighted by atomic mass is 9.92. The molecule has 20 heavy (non-hydrogen) atoms. The maximum Gasteiger partial charge on any atom is 0.256 e. The van der Waals surface area contributed by atoms with E-state index in [1.165, 1.54) is 0 Å². The lowest BCUT2D eigenvalue weighted by Crippen LogP contribution is -2.42. The van der Waals surface area contributed by atoms with Crippen LogP contribution in [0.5, 0.6) is 0 Å². The zero-order valence-electron chi connectivity index (χ0n) is 12.9. The van der Waals surface area contributed by atoms with Gasteiger partial charge in [0.1, 0.15) is 5.82 Å². The lowest BCUT2D eigenvalue weighted by molar-refractivity contribution is 0.0684. The Morgan fingerprint density at radius 3 is 2.60 bits per heavy atom. The van der Waals surface area contributed by atoms with Crippen LogP contribution < -0.4 is 5.73 Å². The molecule has 0 radical (unpaired) electrons. The van der Waals surface area contributed by atoms with Crippen molar-refractivity contribution in [2.75, 3.05) is 19.6 Å². The monoisotopic (exact) mass is 280 g/mol. The van der Waals surface area contributed by atoms with Gasteiger partial charge in [-0.25, -0.2) is 4.39 Å². The van der Waals surface area contributed by atoms with Crippen molar-refractivity contribution in [3.8, 4) is 0 Å². The number of benzene rings is 1. The number of hydrogen-bond donors (Lipinski definition) is 1. The van der Waals surface area contributed by atoms with Gasteiger partial charge in [-0.2, -0.15) is 0 Å².